The van der Waals surface area contributed by atoms with Crippen molar-refractivity contribution in [3.05, 3.63) is 46.7 Å². The predicted molar refractivity (Wildman–Crippen MR) is 81.8 cm³/mol. The molecule has 1 aromatic rings. The number of aryl methyl sites for hydroxylation is 2. The maximum absolute atomic E-state index is 3.64. The molecular formula is C16H26S. The first-order chi connectivity index (χ1) is 7.91. The van der Waals surface area contributed by atoms with Crippen LogP contribution in [0.5, 0.6) is 0 Å². The topological polar surface area (TPSA) is 0 Å². The van der Waals surface area contributed by atoms with E-state index in [1.165, 1.54) is 22.6 Å². The van der Waals surface area contributed by atoms with Crippen molar-refractivity contribution in [2.45, 2.75) is 47.5 Å². The second-order valence-electron chi connectivity index (χ2n) is 4.99. The van der Waals surface area contributed by atoms with Gasteiger partial charge < -0.3 is 0 Å². The lowest BCUT2D eigenvalue weighted by molar-refractivity contribution is 0.432. The Morgan fingerprint density at radius 2 is 1.76 bits per heavy atom. The Bertz CT molecular complexity index is 326. The standard InChI is InChI=1S/C10H18.C6H8S/c1-5-7-9-10(3,4)8-6-2;1-5-3-4-6(2)7-5/h5,7,9H,1,6,8H2,2-4H3;3-4H,1-2H3/b9-7+;. The van der Waals surface area contributed by atoms with Gasteiger partial charge in [0.15, 0.2) is 0 Å². The average molecular weight is 250 g/mol. The van der Waals surface area contributed by atoms with Gasteiger partial charge in [0.1, 0.15) is 0 Å². The molecule has 0 unspecified atom stereocenters. The molecule has 0 bridgehead atoms. The highest BCUT2D eigenvalue weighted by atomic mass is 32.1. The molecule has 0 saturated heterocycles. The van der Waals surface area contributed by atoms with Crippen LogP contribution >= 0.6 is 11.3 Å². The Morgan fingerprint density at radius 1 is 1.24 bits per heavy atom. The van der Waals surface area contributed by atoms with E-state index >= 15 is 0 Å². The summed E-state index contributed by atoms with van der Waals surface area (Å²) in [6.07, 6.45) is 8.56. The fourth-order valence-corrected chi connectivity index (χ4v) is 2.39. The Balaban J connectivity index is 0.000000318. The minimum Gasteiger partial charge on any atom is -0.146 e. The molecule has 0 aliphatic carbocycles. The van der Waals surface area contributed by atoms with Gasteiger partial charge in [-0.05, 0) is 37.8 Å². The molecule has 1 heterocycles. The van der Waals surface area contributed by atoms with E-state index in [1.54, 1.807) is 0 Å². The van der Waals surface area contributed by atoms with Gasteiger partial charge in [-0.15, -0.1) is 11.3 Å². The highest BCUT2D eigenvalue weighted by Gasteiger charge is 2.10. The zero-order valence-corrected chi connectivity index (χ0v) is 12.7. The molecule has 1 rings (SSSR count). The first kappa shape index (κ1) is 16.2. The molecule has 0 aliphatic rings. The lowest BCUT2D eigenvalue weighted by atomic mass is 9.88. The Kier molecular flexibility index (Phi) is 7.90. The Labute approximate surface area is 111 Å². The summed E-state index contributed by atoms with van der Waals surface area (Å²) in [5.74, 6) is 0. The molecule has 0 saturated carbocycles. The van der Waals surface area contributed by atoms with Crippen molar-refractivity contribution < 1.29 is 0 Å². The smallest absolute Gasteiger partial charge is 0.00170 e. The van der Waals surface area contributed by atoms with Gasteiger partial charge in [-0.3, -0.25) is 0 Å². The Hall–Kier alpha value is -0.820. The van der Waals surface area contributed by atoms with Crippen molar-refractivity contribution >= 4 is 11.3 Å². The van der Waals surface area contributed by atoms with E-state index in [4.69, 9.17) is 0 Å². The van der Waals surface area contributed by atoms with Crippen LogP contribution in [-0.4, -0.2) is 0 Å². The van der Waals surface area contributed by atoms with Crippen molar-refractivity contribution in [1.29, 1.82) is 0 Å². The molecule has 1 heteroatoms. The average Bonchev–Trinajstić information content (AvgIpc) is 2.60. The zero-order chi connectivity index (χ0) is 13.3. The van der Waals surface area contributed by atoms with Gasteiger partial charge in [0.2, 0.25) is 0 Å². The fraction of sp³-hybridized carbons (Fsp3) is 0.500. The van der Waals surface area contributed by atoms with Crippen molar-refractivity contribution in [2.24, 2.45) is 5.41 Å². The molecule has 0 aliphatic heterocycles. The van der Waals surface area contributed by atoms with Gasteiger partial charge >= 0.3 is 0 Å². The summed E-state index contributed by atoms with van der Waals surface area (Å²) in [4.78, 5) is 2.80. The molecule has 96 valence electrons. The molecule has 0 radical (unpaired) electrons. The van der Waals surface area contributed by atoms with Crippen molar-refractivity contribution in [2.75, 3.05) is 0 Å². The van der Waals surface area contributed by atoms with Crippen molar-refractivity contribution in [3.63, 3.8) is 0 Å². The molecule has 1 aromatic heterocycles. The van der Waals surface area contributed by atoms with Crippen molar-refractivity contribution in [1.82, 2.24) is 0 Å². The van der Waals surface area contributed by atoms with Crippen molar-refractivity contribution in [3.8, 4) is 0 Å². The molecular weight excluding hydrogens is 224 g/mol. The van der Waals surface area contributed by atoms with E-state index in [0.29, 0.717) is 5.41 Å². The first-order valence-corrected chi connectivity index (χ1v) is 7.06. The van der Waals surface area contributed by atoms with Crippen LogP contribution in [0.4, 0.5) is 0 Å². The Morgan fingerprint density at radius 3 is 2.06 bits per heavy atom. The van der Waals surface area contributed by atoms with E-state index in [2.05, 4.69) is 59.4 Å². The first-order valence-electron chi connectivity index (χ1n) is 6.24. The lowest BCUT2D eigenvalue weighted by Gasteiger charge is -2.18. The van der Waals surface area contributed by atoms with Gasteiger partial charge in [-0.2, -0.15) is 0 Å². The van der Waals surface area contributed by atoms with Gasteiger partial charge in [0, 0.05) is 9.75 Å². The van der Waals surface area contributed by atoms with Crippen LogP contribution in [0, 0.1) is 19.3 Å². The highest BCUT2D eigenvalue weighted by Crippen LogP contribution is 2.23. The third-order valence-corrected chi connectivity index (χ3v) is 3.37. The lowest BCUT2D eigenvalue weighted by Crippen LogP contribution is -2.05. The highest BCUT2D eigenvalue weighted by molar-refractivity contribution is 7.11. The van der Waals surface area contributed by atoms with Gasteiger partial charge in [0.25, 0.3) is 0 Å². The number of hydrogen-bond acceptors (Lipinski definition) is 1. The number of thiophene rings is 1. The molecule has 0 amide bonds. The minimum absolute atomic E-state index is 0.350. The largest absolute Gasteiger partial charge is 0.146 e. The van der Waals surface area contributed by atoms with E-state index in [0.717, 1.165) is 0 Å². The second-order valence-corrected chi connectivity index (χ2v) is 6.48. The summed E-state index contributed by atoms with van der Waals surface area (Å²) in [5, 5.41) is 0. The summed E-state index contributed by atoms with van der Waals surface area (Å²) in [7, 11) is 0. The predicted octanol–water partition coefficient (Wildman–Crippen LogP) is 5.92. The van der Waals surface area contributed by atoms with Crippen LogP contribution in [0.3, 0.4) is 0 Å². The van der Waals surface area contributed by atoms with Crippen LogP contribution in [-0.2, 0) is 0 Å². The molecule has 17 heavy (non-hydrogen) atoms. The van der Waals surface area contributed by atoms with Crippen LogP contribution in [0.1, 0.15) is 43.4 Å². The number of hydrogen-bond donors (Lipinski definition) is 0. The summed E-state index contributed by atoms with van der Waals surface area (Å²) in [5.41, 5.74) is 0.350. The minimum atomic E-state index is 0.350. The van der Waals surface area contributed by atoms with E-state index in [9.17, 15) is 0 Å². The van der Waals surface area contributed by atoms with E-state index < -0.39 is 0 Å². The van der Waals surface area contributed by atoms with E-state index in [1.807, 2.05) is 23.5 Å². The van der Waals surface area contributed by atoms with Crippen LogP contribution in [0.25, 0.3) is 0 Å². The quantitative estimate of drug-likeness (QED) is 0.582. The third kappa shape index (κ3) is 8.93. The van der Waals surface area contributed by atoms with Crippen LogP contribution in [0.2, 0.25) is 0 Å². The van der Waals surface area contributed by atoms with Gasteiger partial charge in [0.05, 0.1) is 0 Å². The number of allylic oxidation sites excluding steroid dienone is 3. The van der Waals surface area contributed by atoms with Crippen LogP contribution in [0.15, 0.2) is 36.9 Å². The number of rotatable bonds is 4. The van der Waals surface area contributed by atoms with Gasteiger partial charge in [-0.1, -0.05) is 52.0 Å². The van der Waals surface area contributed by atoms with Crippen LogP contribution < -0.4 is 0 Å². The molecule has 0 nitrogen and oxygen atoms in total. The molecule has 0 aromatic carbocycles. The van der Waals surface area contributed by atoms with E-state index in [-0.39, 0.29) is 0 Å². The molecule has 0 atom stereocenters. The summed E-state index contributed by atoms with van der Waals surface area (Å²) < 4.78 is 0. The molecule has 0 spiro atoms. The third-order valence-electron chi connectivity index (χ3n) is 2.45. The molecule has 0 N–H and O–H groups in total. The second kappa shape index (κ2) is 8.30. The normalized spacial score (nSPS) is 11.1. The maximum atomic E-state index is 3.64. The molecule has 0 fully saturated rings. The summed E-state index contributed by atoms with van der Waals surface area (Å²) in [6.45, 7) is 14.6. The maximum Gasteiger partial charge on any atom is 0.00170 e. The SMILES string of the molecule is C=C/C=C/C(C)(C)CCC.Cc1ccc(C)s1. The monoisotopic (exact) mass is 250 g/mol. The summed E-state index contributed by atoms with van der Waals surface area (Å²) >= 11 is 1.84. The summed E-state index contributed by atoms with van der Waals surface area (Å²) in [6, 6.07) is 4.28. The van der Waals surface area contributed by atoms with Gasteiger partial charge in [-0.25, -0.2) is 0 Å². The zero-order valence-electron chi connectivity index (χ0n) is 11.9. The fourth-order valence-electron chi connectivity index (χ4n) is 1.61.